The minimum atomic E-state index is -3.80. The first-order chi connectivity index (χ1) is 11.7. The lowest BCUT2D eigenvalue weighted by Crippen LogP contribution is -2.12. The quantitative estimate of drug-likeness (QED) is 0.558. The number of rotatable bonds is 5. The minimum Gasteiger partial charge on any atom is -0.265 e. The molecule has 5 nitrogen and oxygen atoms in total. The highest BCUT2D eigenvalue weighted by molar-refractivity contribution is 7.94. The molecule has 3 aromatic rings. The summed E-state index contributed by atoms with van der Waals surface area (Å²) in [5, 5.41) is 5.21. The topological polar surface area (TPSA) is 64.0 Å². The van der Waals surface area contributed by atoms with Gasteiger partial charge in [0.2, 0.25) is 0 Å². The van der Waals surface area contributed by atoms with Gasteiger partial charge in [-0.05, 0) is 29.8 Å². The van der Waals surface area contributed by atoms with Crippen molar-refractivity contribution in [1.29, 1.82) is 0 Å². The fourth-order valence-electron chi connectivity index (χ4n) is 1.99. The zero-order valence-corrected chi connectivity index (χ0v) is 16.9. The van der Waals surface area contributed by atoms with Crippen LogP contribution in [0.25, 0.3) is 0 Å². The van der Waals surface area contributed by atoms with Crippen molar-refractivity contribution in [2.24, 2.45) is 0 Å². The first-order valence-corrected chi connectivity index (χ1v) is 10.5. The van der Waals surface area contributed by atoms with Crippen molar-refractivity contribution >= 4 is 73.6 Å². The van der Waals surface area contributed by atoms with E-state index >= 15 is 0 Å². The first kappa shape index (κ1) is 18.8. The Balaban J connectivity index is 1.81. The molecule has 0 aliphatic rings. The summed E-state index contributed by atoms with van der Waals surface area (Å²) < 4.78 is 28.9. The summed E-state index contributed by atoms with van der Waals surface area (Å²) in [5.74, 6) is 0.0336. The molecule has 0 saturated heterocycles. The molecule has 0 unspecified atom stereocenters. The standard InChI is InChI=1S/C14H9Cl4N3O2S2/c15-9-2-1-8(5-10(9)16)6-21-7-11(17)14(19-21)20-25(22,23)13-4-3-12(18)24-13/h1-5,7H,6H2,(H,19,20). The maximum atomic E-state index is 12.3. The molecule has 0 saturated carbocycles. The van der Waals surface area contributed by atoms with Crippen LogP contribution in [0.2, 0.25) is 19.4 Å². The number of aromatic nitrogens is 2. The van der Waals surface area contributed by atoms with Crippen molar-refractivity contribution in [3.8, 4) is 0 Å². The molecule has 0 spiro atoms. The van der Waals surface area contributed by atoms with E-state index in [1.54, 1.807) is 18.2 Å². The summed E-state index contributed by atoms with van der Waals surface area (Å²) >= 11 is 24.7. The molecular formula is C14H9Cl4N3O2S2. The summed E-state index contributed by atoms with van der Waals surface area (Å²) in [6, 6.07) is 8.09. The van der Waals surface area contributed by atoms with Crippen molar-refractivity contribution in [1.82, 2.24) is 9.78 Å². The summed E-state index contributed by atoms with van der Waals surface area (Å²) in [6.45, 7) is 0.350. The van der Waals surface area contributed by atoms with Crippen LogP contribution in [0.3, 0.4) is 0 Å². The van der Waals surface area contributed by atoms with Crippen molar-refractivity contribution < 1.29 is 8.42 Å². The first-order valence-electron chi connectivity index (χ1n) is 6.69. The number of sulfonamides is 1. The maximum Gasteiger partial charge on any atom is 0.272 e. The predicted octanol–water partition coefficient (Wildman–Crippen LogP) is 5.41. The number of halogens is 4. The molecular weight excluding hydrogens is 448 g/mol. The van der Waals surface area contributed by atoms with Crippen LogP contribution >= 0.6 is 57.7 Å². The van der Waals surface area contributed by atoms with Crippen LogP contribution in [-0.4, -0.2) is 18.2 Å². The Labute approximate surface area is 168 Å². The Bertz CT molecular complexity index is 1030. The summed E-state index contributed by atoms with van der Waals surface area (Å²) in [4.78, 5) is 0. The van der Waals surface area contributed by atoms with Crippen LogP contribution in [0, 0.1) is 0 Å². The number of benzene rings is 1. The molecule has 1 aromatic carbocycles. The second-order valence-corrected chi connectivity index (χ2v) is 9.78. The van der Waals surface area contributed by atoms with Crippen molar-refractivity contribution in [2.45, 2.75) is 10.8 Å². The van der Waals surface area contributed by atoms with Gasteiger partial charge in [-0.25, -0.2) is 8.42 Å². The number of nitrogens with zero attached hydrogens (tertiary/aromatic N) is 2. The van der Waals surface area contributed by atoms with E-state index in [9.17, 15) is 8.42 Å². The Kier molecular flexibility index (Phi) is 5.53. The normalized spacial score (nSPS) is 11.7. The van der Waals surface area contributed by atoms with Crippen LogP contribution in [0.5, 0.6) is 0 Å². The molecule has 3 rings (SSSR count). The van der Waals surface area contributed by atoms with Gasteiger partial charge in [-0.1, -0.05) is 52.5 Å². The lowest BCUT2D eigenvalue weighted by molar-refractivity contribution is 0.602. The Morgan fingerprint density at radius 3 is 2.44 bits per heavy atom. The maximum absolute atomic E-state index is 12.3. The van der Waals surface area contributed by atoms with Crippen LogP contribution < -0.4 is 4.72 Å². The Morgan fingerprint density at radius 1 is 1.04 bits per heavy atom. The number of nitrogens with one attached hydrogen (secondary N) is 1. The van der Waals surface area contributed by atoms with Crippen LogP contribution in [0.4, 0.5) is 5.82 Å². The highest BCUT2D eigenvalue weighted by atomic mass is 35.5. The molecule has 1 N–H and O–H groups in total. The van der Waals surface area contributed by atoms with Gasteiger partial charge in [-0.2, -0.15) is 5.10 Å². The smallest absolute Gasteiger partial charge is 0.265 e. The fraction of sp³-hybridized carbons (Fsp3) is 0.0714. The molecule has 0 amide bonds. The lowest BCUT2D eigenvalue weighted by atomic mass is 10.2. The van der Waals surface area contributed by atoms with Crippen molar-refractivity contribution in [3.63, 3.8) is 0 Å². The van der Waals surface area contributed by atoms with Gasteiger partial charge in [0.25, 0.3) is 10.0 Å². The van der Waals surface area contributed by atoms with Gasteiger partial charge in [0.1, 0.15) is 9.23 Å². The van der Waals surface area contributed by atoms with E-state index in [1.165, 1.54) is 23.0 Å². The van der Waals surface area contributed by atoms with Gasteiger partial charge in [0, 0.05) is 6.20 Å². The number of hydrogen-bond donors (Lipinski definition) is 1. The van der Waals surface area contributed by atoms with Crippen LogP contribution in [0.15, 0.2) is 40.7 Å². The molecule has 11 heteroatoms. The van der Waals surface area contributed by atoms with E-state index in [0.29, 0.717) is 20.9 Å². The minimum absolute atomic E-state index is 0.0336. The van der Waals surface area contributed by atoms with Gasteiger partial charge < -0.3 is 0 Å². The second-order valence-electron chi connectivity index (χ2n) is 4.94. The Morgan fingerprint density at radius 2 is 1.80 bits per heavy atom. The zero-order valence-electron chi connectivity index (χ0n) is 12.2. The number of hydrogen-bond acceptors (Lipinski definition) is 4. The lowest BCUT2D eigenvalue weighted by Gasteiger charge is -2.04. The van der Waals surface area contributed by atoms with E-state index in [0.717, 1.165) is 16.9 Å². The summed E-state index contributed by atoms with van der Waals surface area (Å²) in [5.41, 5.74) is 0.841. The third-order valence-corrected chi connectivity index (χ3v) is 7.17. The Hall–Kier alpha value is -0.960. The average molecular weight is 457 g/mol. The van der Waals surface area contributed by atoms with Crippen molar-refractivity contribution in [2.75, 3.05) is 4.72 Å². The summed E-state index contributed by atoms with van der Waals surface area (Å²) in [7, 11) is -3.80. The second kappa shape index (κ2) is 7.34. The molecule has 0 bridgehead atoms. The van der Waals surface area contributed by atoms with Gasteiger partial charge in [-0.15, -0.1) is 11.3 Å². The molecule has 0 fully saturated rings. The number of thiophene rings is 1. The van der Waals surface area contributed by atoms with Gasteiger partial charge in [-0.3, -0.25) is 9.40 Å². The van der Waals surface area contributed by atoms with E-state index in [1.807, 2.05) is 0 Å². The van der Waals surface area contributed by atoms with Gasteiger partial charge in [0.05, 0.1) is 20.9 Å². The molecule has 0 aliphatic heterocycles. The van der Waals surface area contributed by atoms with E-state index in [2.05, 4.69) is 9.82 Å². The number of anilines is 1. The molecule has 132 valence electrons. The highest BCUT2D eigenvalue weighted by Gasteiger charge is 2.20. The van der Waals surface area contributed by atoms with Gasteiger partial charge in [0.15, 0.2) is 5.82 Å². The average Bonchev–Trinajstić information content (AvgIpc) is 3.10. The third kappa shape index (κ3) is 4.42. The van der Waals surface area contributed by atoms with Gasteiger partial charge >= 0.3 is 0 Å². The molecule has 0 atom stereocenters. The predicted molar refractivity (Wildman–Crippen MR) is 103 cm³/mol. The van der Waals surface area contributed by atoms with E-state index in [-0.39, 0.29) is 15.0 Å². The van der Waals surface area contributed by atoms with Crippen LogP contribution in [0.1, 0.15) is 5.56 Å². The van der Waals surface area contributed by atoms with E-state index < -0.39 is 10.0 Å². The molecule has 0 aliphatic carbocycles. The van der Waals surface area contributed by atoms with E-state index in [4.69, 9.17) is 46.4 Å². The third-order valence-electron chi connectivity index (χ3n) is 3.09. The largest absolute Gasteiger partial charge is 0.272 e. The molecule has 25 heavy (non-hydrogen) atoms. The fourth-order valence-corrected chi connectivity index (χ4v) is 5.07. The molecule has 2 aromatic heterocycles. The van der Waals surface area contributed by atoms with Crippen molar-refractivity contribution in [3.05, 3.63) is 61.5 Å². The van der Waals surface area contributed by atoms with Crippen LogP contribution in [-0.2, 0) is 16.6 Å². The summed E-state index contributed by atoms with van der Waals surface area (Å²) in [6.07, 6.45) is 1.52. The zero-order chi connectivity index (χ0) is 18.2. The molecule has 2 heterocycles. The molecule has 0 radical (unpaired) electrons. The SMILES string of the molecule is O=S(=O)(Nc1nn(Cc2ccc(Cl)c(Cl)c2)cc1Cl)c1ccc(Cl)s1. The monoisotopic (exact) mass is 455 g/mol. The highest BCUT2D eigenvalue weighted by Crippen LogP contribution is 2.29.